The Morgan fingerprint density at radius 2 is 2.10 bits per heavy atom. The fourth-order valence-corrected chi connectivity index (χ4v) is 2.50. The molecular weight excluding hydrogens is 267 g/mol. The summed E-state index contributed by atoms with van der Waals surface area (Å²) in [5, 5.41) is 3.29. The van der Waals surface area contributed by atoms with Crippen LogP contribution in [0.2, 0.25) is 0 Å². The molecule has 0 radical (unpaired) electrons. The van der Waals surface area contributed by atoms with Crippen LogP contribution in [0.1, 0.15) is 31.9 Å². The molecule has 6 heteroatoms. The van der Waals surface area contributed by atoms with Crippen LogP contribution in [0.15, 0.2) is 18.3 Å². The predicted molar refractivity (Wildman–Crippen MR) is 72.6 cm³/mol. The van der Waals surface area contributed by atoms with Crippen LogP contribution in [0, 0.1) is 0 Å². The number of halogens is 3. The van der Waals surface area contributed by atoms with E-state index in [-0.39, 0.29) is 0 Å². The zero-order valence-corrected chi connectivity index (χ0v) is 11.6. The van der Waals surface area contributed by atoms with E-state index in [1.165, 1.54) is 12.3 Å². The van der Waals surface area contributed by atoms with E-state index >= 15 is 0 Å². The third kappa shape index (κ3) is 4.10. The van der Waals surface area contributed by atoms with Crippen LogP contribution in [0.3, 0.4) is 0 Å². The largest absolute Gasteiger partial charge is 0.433 e. The summed E-state index contributed by atoms with van der Waals surface area (Å²) >= 11 is 0. The highest BCUT2D eigenvalue weighted by atomic mass is 19.4. The molecule has 1 N–H and O–H groups in total. The fraction of sp³-hybridized carbons (Fsp3) is 0.643. The number of nitrogens with zero attached hydrogens (tertiary/aromatic N) is 2. The van der Waals surface area contributed by atoms with Gasteiger partial charge in [-0.3, -0.25) is 0 Å². The van der Waals surface area contributed by atoms with Gasteiger partial charge < -0.3 is 10.2 Å². The molecule has 0 amide bonds. The van der Waals surface area contributed by atoms with Gasteiger partial charge >= 0.3 is 6.18 Å². The highest BCUT2D eigenvalue weighted by Crippen LogP contribution is 2.28. The van der Waals surface area contributed by atoms with E-state index in [2.05, 4.69) is 22.1 Å². The van der Waals surface area contributed by atoms with Crippen molar-refractivity contribution in [3.8, 4) is 0 Å². The molecular formula is C14H20F3N3. The lowest BCUT2D eigenvalue weighted by Crippen LogP contribution is -2.26. The van der Waals surface area contributed by atoms with E-state index in [1.54, 1.807) is 0 Å². The number of anilines is 1. The van der Waals surface area contributed by atoms with E-state index in [4.69, 9.17) is 0 Å². The van der Waals surface area contributed by atoms with Gasteiger partial charge in [0.05, 0.1) is 11.9 Å². The second-order valence-electron chi connectivity index (χ2n) is 5.14. The second kappa shape index (κ2) is 6.43. The van der Waals surface area contributed by atoms with E-state index in [0.29, 0.717) is 11.7 Å². The molecule has 1 unspecified atom stereocenters. The Morgan fingerprint density at radius 3 is 2.70 bits per heavy atom. The molecule has 1 aromatic heterocycles. The molecule has 1 aliphatic rings. The van der Waals surface area contributed by atoms with Gasteiger partial charge in [0.2, 0.25) is 0 Å². The smallest absolute Gasteiger partial charge is 0.381 e. The number of alkyl halides is 3. The standard InChI is InChI=1S/C14H20F3N3/c1-2-20-8-3-4-11(7-9-20)19-12-5-6-13(18-10-12)14(15,16)17/h5-6,10-11,19H,2-4,7-9H2,1H3. The molecule has 112 valence electrons. The molecule has 0 aliphatic carbocycles. The van der Waals surface area contributed by atoms with Crippen LogP contribution in [-0.2, 0) is 6.18 Å². The monoisotopic (exact) mass is 287 g/mol. The van der Waals surface area contributed by atoms with E-state index < -0.39 is 11.9 Å². The number of pyridine rings is 1. The molecule has 1 fully saturated rings. The van der Waals surface area contributed by atoms with Gasteiger partial charge in [-0.2, -0.15) is 13.2 Å². The molecule has 0 spiro atoms. The van der Waals surface area contributed by atoms with Crippen LogP contribution in [0.5, 0.6) is 0 Å². The molecule has 0 saturated carbocycles. The zero-order valence-electron chi connectivity index (χ0n) is 11.6. The molecule has 0 aromatic carbocycles. The summed E-state index contributed by atoms with van der Waals surface area (Å²) in [7, 11) is 0. The summed E-state index contributed by atoms with van der Waals surface area (Å²) in [6, 6.07) is 2.79. The Balaban J connectivity index is 1.93. The van der Waals surface area contributed by atoms with Crippen molar-refractivity contribution in [2.24, 2.45) is 0 Å². The Labute approximate surface area is 117 Å². The summed E-state index contributed by atoms with van der Waals surface area (Å²) in [5.74, 6) is 0. The lowest BCUT2D eigenvalue weighted by Gasteiger charge is -2.19. The van der Waals surface area contributed by atoms with Gasteiger partial charge in [0.15, 0.2) is 0 Å². The normalized spacial score (nSPS) is 21.5. The van der Waals surface area contributed by atoms with Crippen LogP contribution < -0.4 is 5.32 Å². The lowest BCUT2D eigenvalue weighted by atomic mass is 10.1. The molecule has 2 rings (SSSR count). The molecule has 1 aliphatic heterocycles. The maximum Gasteiger partial charge on any atom is 0.433 e. The number of hydrogen-bond acceptors (Lipinski definition) is 3. The van der Waals surface area contributed by atoms with E-state index in [0.717, 1.165) is 45.0 Å². The molecule has 20 heavy (non-hydrogen) atoms. The third-order valence-electron chi connectivity index (χ3n) is 3.69. The number of likely N-dealkylation sites (tertiary alicyclic amines) is 1. The maximum atomic E-state index is 12.4. The van der Waals surface area contributed by atoms with Crippen LogP contribution in [-0.4, -0.2) is 35.6 Å². The Bertz CT molecular complexity index is 417. The summed E-state index contributed by atoms with van der Waals surface area (Å²) in [4.78, 5) is 5.87. The van der Waals surface area contributed by atoms with Gasteiger partial charge in [0, 0.05) is 12.6 Å². The van der Waals surface area contributed by atoms with Gasteiger partial charge in [-0.05, 0) is 44.5 Å². The summed E-state index contributed by atoms with van der Waals surface area (Å²) in [6.07, 6.45) is 0.0553. The molecule has 0 bridgehead atoms. The van der Waals surface area contributed by atoms with Crippen molar-refractivity contribution in [1.29, 1.82) is 0 Å². The van der Waals surface area contributed by atoms with Gasteiger partial charge in [-0.1, -0.05) is 6.92 Å². The lowest BCUT2D eigenvalue weighted by molar-refractivity contribution is -0.141. The molecule has 1 saturated heterocycles. The minimum absolute atomic E-state index is 0.310. The first-order valence-electron chi connectivity index (χ1n) is 7.01. The second-order valence-corrected chi connectivity index (χ2v) is 5.14. The van der Waals surface area contributed by atoms with E-state index in [9.17, 15) is 13.2 Å². The van der Waals surface area contributed by atoms with Crippen LogP contribution in [0.25, 0.3) is 0 Å². The van der Waals surface area contributed by atoms with Gasteiger partial charge in [0.25, 0.3) is 0 Å². The minimum Gasteiger partial charge on any atom is -0.381 e. The first kappa shape index (κ1) is 15.1. The van der Waals surface area contributed by atoms with E-state index in [1.807, 2.05) is 0 Å². The summed E-state index contributed by atoms with van der Waals surface area (Å²) in [5.41, 5.74) is -0.186. The fourth-order valence-electron chi connectivity index (χ4n) is 2.50. The zero-order chi connectivity index (χ0) is 14.6. The highest BCUT2D eigenvalue weighted by Gasteiger charge is 2.32. The van der Waals surface area contributed by atoms with Crippen LogP contribution >= 0.6 is 0 Å². The van der Waals surface area contributed by atoms with Crippen molar-refractivity contribution < 1.29 is 13.2 Å². The van der Waals surface area contributed by atoms with Crippen molar-refractivity contribution >= 4 is 5.69 Å². The molecule has 1 atom stereocenters. The van der Waals surface area contributed by atoms with Gasteiger partial charge in [-0.25, -0.2) is 4.98 Å². The van der Waals surface area contributed by atoms with Crippen molar-refractivity contribution in [3.63, 3.8) is 0 Å². The summed E-state index contributed by atoms with van der Waals surface area (Å²) < 4.78 is 37.3. The average molecular weight is 287 g/mol. The SMILES string of the molecule is CCN1CCCC(Nc2ccc(C(F)(F)F)nc2)CC1. The van der Waals surface area contributed by atoms with Gasteiger partial charge in [-0.15, -0.1) is 0 Å². The Kier molecular flexibility index (Phi) is 4.86. The quantitative estimate of drug-likeness (QED) is 0.923. The highest BCUT2D eigenvalue weighted by molar-refractivity contribution is 5.42. The number of hydrogen-bond donors (Lipinski definition) is 1. The predicted octanol–water partition coefficient (Wildman–Crippen LogP) is 3.39. The summed E-state index contributed by atoms with van der Waals surface area (Å²) in [6.45, 7) is 5.32. The molecule has 1 aromatic rings. The number of nitrogens with one attached hydrogen (secondary N) is 1. The van der Waals surface area contributed by atoms with Gasteiger partial charge in [0.1, 0.15) is 5.69 Å². The van der Waals surface area contributed by atoms with Crippen molar-refractivity contribution in [1.82, 2.24) is 9.88 Å². The molecule has 2 heterocycles. The third-order valence-corrected chi connectivity index (χ3v) is 3.69. The minimum atomic E-state index is -4.37. The van der Waals surface area contributed by atoms with Crippen molar-refractivity contribution in [3.05, 3.63) is 24.0 Å². The van der Waals surface area contributed by atoms with Crippen molar-refractivity contribution in [2.45, 2.75) is 38.4 Å². The average Bonchev–Trinajstić information content (AvgIpc) is 2.63. The maximum absolute atomic E-state index is 12.4. The Morgan fingerprint density at radius 1 is 1.30 bits per heavy atom. The number of aromatic nitrogens is 1. The van der Waals surface area contributed by atoms with Crippen molar-refractivity contribution in [2.75, 3.05) is 25.0 Å². The first-order valence-corrected chi connectivity index (χ1v) is 7.01. The van der Waals surface area contributed by atoms with Crippen LogP contribution in [0.4, 0.5) is 18.9 Å². The first-order chi connectivity index (χ1) is 9.49. The molecule has 3 nitrogen and oxygen atoms in total. The topological polar surface area (TPSA) is 28.2 Å². The Hall–Kier alpha value is -1.30. The number of rotatable bonds is 3.